The van der Waals surface area contributed by atoms with Gasteiger partial charge in [-0.1, -0.05) is 0 Å². The van der Waals surface area contributed by atoms with E-state index in [0.29, 0.717) is 18.5 Å². The molecule has 0 radical (unpaired) electrons. The molecule has 17 heavy (non-hydrogen) atoms. The van der Waals surface area contributed by atoms with E-state index in [-0.39, 0.29) is 5.91 Å². The summed E-state index contributed by atoms with van der Waals surface area (Å²) in [7, 11) is 0. The molecule has 0 aromatic carbocycles. The fraction of sp³-hybridized carbons (Fsp3) is 0.364. The first-order valence-electron chi connectivity index (χ1n) is 5.26. The number of aliphatic carboxylic acids is 1. The van der Waals surface area contributed by atoms with Gasteiger partial charge >= 0.3 is 5.97 Å². The number of pyridine rings is 1. The number of nitrogens with one attached hydrogen (secondary N) is 1. The van der Waals surface area contributed by atoms with E-state index in [9.17, 15) is 9.59 Å². The van der Waals surface area contributed by atoms with E-state index < -0.39 is 18.2 Å². The van der Waals surface area contributed by atoms with E-state index in [1.165, 1.54) is 6.20 Å². The molecule has 90 valence electrons. The van der Waals surface area contributed by atoms with Gasteiger partial charge in [-0.3, -0.25) is 9.78 Å². The summed E-state index contributed by atoms with van der Waals surface area (Å²) in [6.07, 6.45) is 2.32. The molecule has 6 nitrogen and oxygen atoms in total. The van der Waals surface area contributed by atoms with E-state index in [0.717, 1.165) is 0 Å². The first-order chi connectivity index (χ1) is 8.16. The second kappa shape index (κ2) is 4.92. The molecule has 1 saturated heterocycles. The highest BCUT2D eigenvalue weighted by Crippen LogP contribution is 2.21. The highest BCUT2D eigenvalue weighted by atomic mass is 16.5. The van der Waals surface area contributed by atoms with Crippen molar-refractivity contribution in [3.8, 4) is 0 Å². The predicted octanol–water partition coefficient (Wildman–Crippen LogP) is 0.652. The van der Waals surface area contributed by atoms with Gasteiger partial charge in [0.2, 0.25) is 0 Å². The van der Waals surface area contributed by atoms with Crippen LogP contribution in [0.25, 0.3) is 0 Å². The molecule has 1 aromatic heterocycles. The second-order valence-electron chi connectivity index (χ2n) is 3.76. The molecule has 1 aromatic rings. The Bertz CT molecular complexity index is 421. The van der Waals surface area contributed by atoms with E-state index >= 15 is 0 Å². The minimum atomic E-state index is -1.03. The monoisotopic (exact) mass is 236 g/mol. The van der Waals surface area contributed by atoms with Crippen molar-refractivity contribution in [2.45, 2.75) is 25.0 Å². The van der Waals surface area contributed by atoms with Gasteiger partial charge < -0.3 is 15.2 Å². The summed E-state index contributed by atoms with van der Waals surface area (Å²) in [5.41, 5.74) is 0.569. The molecule has 0 aliphatic carbocycles. The highest BCUT2D eigenvalue weighted by molar-refractivity contribution is 5.94. The van der Waals surface area contributed by atoms with Gasteiger partial charge in [0.05, 0.1) is 11.9 Å². The van der Waals surface area contributed by atoms with Crippen LogP contribution in [0.1, 0.15) is 12.8 Å². The van der Waals surface area contributed by atoms with Crippen molar-refractivity contribution in [2.24, 2.45) is 0 Å². The molecule has 1 amide bonds. The minimum absolute atomic E-state index is 0.332. The zero-order valence-corrected chi connectivity index (χ0v) is 9.00. The molecule has 1 fully saturated rings. The molecular formula is C11H12N2O4. The molecule has 0 spiro atoms. The molecule has 2 rings (SSSR count). The van der Waals surface area contributed by atoms with Crippen molar-refractivity contribution in [3.05, 3.63) is 24.5 Å². The topological polar surface area (TPSA) is 88.5 Å². The van der Waals surface area contributed by atoms with Gasteiger partial charge in [0, 0.05) is 6.20 Å². The van der Waals surface area contributed by atoms with Crippen LogP contribution < -0.4 is 5.32 Å². The Hall–Kier alpha value is -1.95. The van der Waals surface area contributed by atoms with Gasteiger partial charge in [0.15, 0.2) is 6.10 Å². The Labute approximate surface area is 97.6 Å². The lowest BCUT2D eigenvalue weighted by molar-refractivity contribution is -0.150. The summed E-state index contributed by atoms with van der Waals surface area (Å²) in [5, 5.41) is 11.4. The van der Waals surface area contributed by atoms with Gasteiger partial charge in [-0.05, 0) is 25.0 Å². The lowest BCUT2D eigenvalue weighted by Gasteiger charge is -2.11. The number of amides is 1. The van der Waals surface area contributed by atoms with Gasteiger partial charge in [0.1, 0.15) is 6.10 Å². The molecule has 1 aliphatic rings. The average molecular weight is 236 g/mol. The highest BCUT2D eigenvalue weighted by Gasteiger charge is 2.34. The average Bonchev–Trinajstić information content (AvgIpc) is 2.79. The summed E-state index contributed by atoms with van der Waals surface area (Å²) >= 11 is 0. The maximum absolute atomic E-state index is 11.7. The number of aromatic nitrogens is 1. The fourth-order valence-corrected chi connectivity index (χ4v) is 1.67. The Kier molecular flexibility index (Phi) is 3.34. The molecule has 2 N–H and O–H groups in total. The summed E-state index contributed by atoms with van der Waals surface area (Å²) in [6, 6.07) is 3.40. The van der Waals surface area contributed by atoms with E-state index in [1.54, 1.807) is 18.3 Å². The van der Waals surface area contributed by atoms with Crippen LogP contribution in [0.4, 0.5) is 5.69 Å². The zero-order valence-electron chi connectivity index (χ0n) is 9.00. The normalized spacial score (nSPS) is 23.3. The fourth-order valence-electron chi connectivity index (χ4n) is 1.67. The Morgan fingerprint density at radius 2 is 2.18 bits per heavy atom. The number of carboxylic acid groups (broad SMARTS) is 1. The summed E-state index contributed by atoms with van der Waals surface area (Å²) < 4.78 is 5.12. The van der Waals surface area contributed by atoms with Crippen LogP contribution in [-0.2, 0) is 14.3 Å². The van der Waals surface area contributed by atoms with Gasteiger partial charge in [-0.25, -0.2) is 4.79 Å². The number of hydrogen-bond donors (Lipinski definition) is 2. The van der Waals surface area contributed by atoms with Crippen molar-refractivity contribution in [1.29, 1.82) is 0 Å². The van der Waals surface area contributed by atoms with E-state index in [2.05, 4.69) is 10.3 Å². The van der Waals surface area contributed by atoms with Crippen molar-refractivity contribution in [1.82, 2.24) is 4.98 Å². The number of carbonyl (C=O) groups is 2. The summed E-state index contributed by atoms with van der Waals surface area (Å²) in [4.78, 5) is 26.2. The molecular weight excluding hydrogens is 224 g/mol. The van der Waals surface area contributed by atoms with Crippen LogP contribution in [0.15, 0.2) is 24.5 Å². The number of hydrogen-bond acceptors (Lipinski definition) is 4. The minimum Gasteiger partial charge on any atom is -0.479 e. The Balaban J connectivity index is 1.92. The molecule has 0 saturated carbocycles. The van der Waals surface area contributed by atoms with Crippen LogP contribution in [-0.4, -0.2) is 34.2 Å². The van der Waals surface area contributed by atoms with Crippen LogP contribution in [0.5, 0.6) is 0 Å². The maximum Gasteiger partial charge on any atom is 0.332 e. The quantitative estimate of drug-likeness (QED) is 0.804. The third-order valence-electron chi connectivity index (χ3n) is 2.52. The van der Waals surface area contributed by atoms with Crippen molar-refractivity contribution in [3.63, 3.8) is 0 Å². The molecule has 2 unspecified atom stereocenters. The number of ether oxygens (including phenoxy) is 1. The van der Waals surface area contributed by atoms with Gasteiger partial charge in [-0.2, -0.15) is 0 Å². The first-order valence-corrected chi connectivity index (χ1v) is 5.26. The first kappa shape index (κ1) is 11.5. The predicted molar refractivity (Wildman–Crippen MR) is 58.4 cm³/mol. The van der Waals surface area contributed by atoms with Crippen LogP contribution >= 0.6 is 0 Å². The Morgan fingerprint density at radius 1 is 1.41 bits per heavy atom. The second-order valence-corrected chi connectivity index (χ2v) is 3.76. The molecule has 2 heterocycles. The van der Waals surface area contributed by atoms with E-state index in [1.807, 2.05) is 0 Å². The van der Waals surface area contributed by atoms with Crippen molar-refractivity contribution >= 4 is 17.6 Å². The number of rotatable bonds is 3. The largest absolute Gasteiger partial charge is 0.479 e. The number of anilines is 1. The lowest BCUT2D eigenvalue weighted by atomic mass is 10.2. The van der Waals surface area contributed by atoms with Gasteiger partial charge in [-0.15, -0.1) is 0 Å². The molecule has 6 heteroatoms. The lowest BCUT2D eigenvalue weighted by Crippen LogP contribution is -2.29. The molecule has 1 aliphatic heterocycles. The standard InChI is InChI=1S/C11H12N2O4/c14-10(13-7-2-1-5-12-6-7)8-3-4-9(17-8)11(15)16/h1-2,5-6,8-9H,3-4H2,(H,13,14)(H,15,16). The molecule has 2 atom stereocenters. The maximum atomic E-state index is 11.7. The number of carbonyl (C=O) groups excluding carboxylic acids is 1. The van der Waals surface area contributed by atoms with Crippen LogP contribution in [0, 0.1) is 0 Å². The van der Waals surface area contributed by atoms with E-state index in [4.69, 9.17) is 9.84 Å². The zero-order chi connectivity index (χ0) is 12.3. The number of nitrogens with zero attached hydrogens (tertiary/aromatic N) is 1. The smallest absolute Gasteiger partial charge is 0.332 e. The molecule has 0 bridgehead atoms. The van der Waals surface area contributed by atoms with Crippen molar-refractivity contribution in [2.75, 3.05) is 5.32 Å². The Morgan fingerprint density at radius 3 is 2.76 bits per heavy atom. The van der Waals surface area contributed by atoms with Crippen LogP contribution in [0.3, 0.4) is 0 Å². The number of carboxylic acids is 1. The third-order valence-corrected chi connectivity index (χ3v) is 2.52. The summed E-state index contributed by atoms with van der Waals surface area (Å²) in [6.45, 7) is 0. The third kappa shape index (κ3) is 2.79. The SMILES string of the molecule is O=C(O)C1CCC(C(=O)Nc2cccnc2)O1. The van der Waals surface area contributed by atoms with Crippen LogP contribution in [0.2, 0.25) is 0 Å². The van der Waals surface area contributed by atoms with Crippen molar-refractivity contribution < 1.29 is 19.4 Å². The summed E-state index contributed by atoms with van der Waals surface area (Å²) in [5.74, 6) is -1.36. The van der Waals surface area contributed by atoms with Gasteiger partial charge in [0.25, 0.3) is 5.91 Å².